The first-order valence-corrected chi connectivity index (χ1v) is 11.9. The molecule has 1 amide bonds. The van der Waals surface area contributed by atoms with Crippen LogP contribution in [0.5, 0.6) is 5.75 Å². The molecule has 0 radical (unpaired) electrons. The first-order valence-electron chi connectivity index (χ1n) is 9.12. The largest absolute Gasteiger partial charge is 0.495 e. The quantitative estimate of drug-likeness (QED) is 0.575. The van der Waals surface area contributed by atoms with E-state index >= 15 is 0 Å². The number of thiazole rings is 1. The lowest BCUT2D eigenvalue weighted by atomic mass is 10.2. The Morgan fingerprint density at radius 2 is 1.97 bits per heavy atom. The molecule has 0 aliphatic rings. The molecule has 30 heavy (non-hydrogen) atoms. The summed E-state index contributed by atoms with van der Waals surface area (Å²) >= 11 is 1.59. The molecule has 0 aliphatic carbocycles. The lowest BCUT2D eigenvalue weighted by molar-refractivity contribution is -0.116. The number of nitrogens with zero attached hydrogens (tertiary/aromatic N) is 2. The van der Waals surface area contributed by atoms with Crippen LogP contribution in [-0.4, -0.2) is 37.2 Å². The van der Waals surface area contributed by atoms with Crippen molar-refractivity contribution in [3.63, 3.8) is 0 Å². The third-order valence-corrected chi connectivity index (χ3v) is 5.91. The lowest BCUT2D eigenvalue weighted by Gasteiger charge is -2.14. The summed E-state index contributed by atoms with van der Waals surface area (Å²) in [6, 6.07) is 6.80. The number of sulfonamides is 1. The van der Waals surface area contributed by atoms with E-state index in [2.05, 4.69) is 15.0 Å². The smallest absolute Gasteiger partial charge is 0.244 e. The number of nitrogens with one attached hydrogen (secondary N) is 2. The molecule has 0 bridgehead atoms. The van der Waals surface area contributed by atoms with Crippen molar-refractivity contribution in [2.45, 2.75) is 27.3 Å². The minimum atomic E-state index is -3.49. The van der Waals surface area contributed by atoms with Gasteiger partial charge in [-0.15, -0.1) is 11.3 Å². The summed E-state index contributed by atoms with van der Waals surface area (Å²) in [5.41, 5.74) is 4.55. The van der Waals surface area contributed by atoms with Crippen LogP contribution >= 0.6 is 11.3 Å². The monoisotopic (exact) mass is 448 g/mol. The van der Waals surface area contributed by atoms with Crippen LogP contribution in [0.15, 0.2) is 29.6 Å². The molecule has 3 aromatic rings. The Morgan fingerprint density at radius 1 is 1.23 bits per heavy atom. The van der Waals surface area contributed by atoms with E-state index in [1.807, 2.05) is 36.8 Å². The second-order valence-corrected chi connectivity index (χ2v) is 9.77. The number of ether oxygens (including phenoxy) is 1. The molecule has 3 rings (SSSR count). The van der Waals surface area contributed by atoms with Gasteiger partial charge in [0.15, 0.2) is 0 Å². The van der Waals surface area contributed by atoms with Crippen LogP contribution in [0.4, 0.5) is 11.4 Å². The second kappa shape index (κ2) is 8.49. The molecule has 0 saturated carbocycles. The Kier molecular flexibility index (Phi) is 6.18. The van der Waals surface area contributed by atoms with Gasteiger partial charge in [-0.25, -0.2) is 13.4 Å². The van der Waals surface area contributed by atoms with E-state index in [4.69, 9.17) is 4.74 Å². The number of hydrogen-bond donors (Lipinski definition) is 2. The molecular formula is C20H24N4O4S2. The highest BCUT2D eigenvalue weighted by Crippen LogP contribution is 2.30. The van der Waals surface area contributed by atoms with Gasteiger partial charge in [0.05, 0.1) is 29.8 Å². The van der Waals surface area contributed by atoms with Gasteiger partial charge < -0.3 is 14.6 Å². The molecule has 2 heterocycles. The predicted molar refractivity (Wildman–Crippen MR) is 120 cm³/mol. The molecule has 160 valence electrons. The first-order chi connectivity index (χ1) is 14.1. The van der Waals surface area contributed by atoms with Crippen LogP contribution in [-0.2, 0) is 21.4 Å². The van der Waals surface area contributed by atoms with Gasteiger partial charge in [0.2, 0.25) is 15.9 Å². The minimum absolute atomic E-state index is 0.127. The maximum Gasteiger partial charge on any atom is 0.244 e. The van der Waals surface area contributed by atoms with Gasteiger partial charge in [-0.3, -0.25) is 9.52 Å². The van der Waals surface area contributed by atoms with Gasteiger partial charge in [-0.2, -0.15) is 0 Å². The van der Waals surface area contributed by atoms with E-state index in [0.29, 0.717) is 11.4 Å². The number of aromatic nitrogens is 2. The van der Waals surface area contributed by atoms with Crippen LogP contribution in [0, 0.1) is 20.8 Å². The average molecular weight is 449 g/mol. The number of methoxy groups -OCH3 is 1. The Balaban J connectivity index is 1.79. The van der Waals surface area contributed by atoms with Crippen molar-refractivity contribution < 1.29 is 17.9 Å². The van der Waals surface area contributed by atoms with Gasteiger partial charge in [-0.1, -0.05) is 0 Å². The van der Waals surface area contributed by atoms with E-state index in [1.165, 1.54) is 13.2 Å². The number of aryl methyl sites for hydroxylation is 2. The summed E-state index contributed by atoms with van der Waals surface area (Å²) in [5.74, 6) is 0.131. The molecule has 0 spiro atoms. The van der Waals surface area contributed by atoms with Crippen LogP contribution in [0.1, 0.15) is 16.4 Å². The highest BCUT2D eigenvalue weighted by molar-refractivity contribution is 7.92. The number of rotatable bonds is 7. The summed E-state index contributed by atoms with van der Waals surface area (Å²) in [6.07, 6.45) is 1.05. The van der Waals surface area contributed by atoms with Gasteiger partial charge in [-0.05, 0) is 45.0 Å². The zero-order chi connectivity index (χ0) is 22.1. The number of anilines is 2. The standard InChI is InChI=1S/C20H24N4O4S2/c1-12-8-16(18-11-29-14(3)21-18)13(2)24(12)10-20(25)22-15-6-7-19(28-4)17(9-15)23-30(5,26)27/h6-9,11,23H,10H2,1-5H3,(H,22,25). The molecule has 0 fully saturated rings. The fourth-order valence-electron chi connectivity index (χ4n) is 3.20. The molecule has 10 heteroatoms. The molecule has 0 saturated heterocycles. The summed E-state index contributed by atoms with van der Waals surface area (Å²) in [5, 5.41) is 5.81. The summed E-state index contributed by atoms with van der Waals surface area (Å²) < 4.78 is 32.7. The number of carbonyl (C=O) groups excluding carboxylic acids is 1. The number of carbonyl (C=O) groups is 1. The van der Waals surface area contributed by atoms with Crippen molar-refractivity contribution >= 4 is 38.6 Å². The normalized spacial score (nSPS) is 11.4. The molecule has 2 N–H and O–H groups in total. The number of hydrogen-bond acceptors (Lipinski definition) is 6. The average Bonchev–Trinajstić information content (AvgIpc) is 3.19. The van der Waals surface area contributed by atoms with Crippen LogP contribution in [0.3, 0.4) is 0 Å². The lowest BCUT2D eigenvalue weighted by Crippen LogP contribution is -2.20. The fraction of sp³-hybridized carbons (Fsp3) is 0.300. The Hall–Kier alpha value is -2.85. The van der Waals surface area contributed by atoms with E-state index in [-0.39, 0.29) is 18.1 Å². The van der Waals surface area contributed by atoms with E-state index < -0.39 is 10.0 Å². The van der Waals surface area contributed by atoms with Crippen molar-refractivity contribution in [2.75, 3.05) is 23.4 Å². The van der Waals surface area contributed by atoms with Crippen LogP contribution < -0.4 is 14.8 Å². The van der Waals surface area contributed by atoms with Crippen molar-refractivity contribution in [3.05, 3.63) is 46.0 Å². The van der Waals surface area contributed by atoms with E-state index in [9.17, 15) is 13.2 Å². The number of benzene rings is 1. The molecule has 0 aliphatic heterocycles. The summed E-state index contributed by atoms with van der Waals surface area (Å²) in [4.78, 5) is 17.2. The predicted octanol–water partition coefficient (Wildman–Crippen LogP) is 3.56. The Morgan fingerprint density at radius 3 is 2.57 bits per heavy atom. The highest BCUT2D eigenvalue weighted by Gasteiger charge is 2.16. The highest BCUT2D eigenvalue weighted by atomic mass is 32.2. The summed E-state index contributed by atoms with van der Waals surface area (Å²) in [7, 11) is -2.04. The van der Waals surface area contributed by atoms with E-state index in [1.54, 1.807) is 23.5 Å². The van der Waals surface area contributed by atoms with Crippen LogP contribution in [0.25, 0.3) is 11.3 Å². The van der Waals surface area contributed by atoms with Gasteiger partial charge in [0, 0.05) is 28.0 Å². The zero-order valence-electron chi connectivity index (χ0n) is 17.4. The van der Waals surface area contributed by atoms with Crippen molar-refractivity contribution in [1.29, 1.82) is 0 Å². The molecule has 0 unspecified atom stereocenters. The van der Waals surface area contributed by atoms with Crippen molar-refractivity contribution in [3.8, 4) is 17.0 Å². The topological polar surface area (TPSA) is 102 Å². The third kappa shape index (κ3) is 5.00. The SMILES string of the molecule is COc1ccc(NC(=O)Cn2c(C)cc(-c3csc(C)n3)c2C)cc1NS(C)(=O)=O. The molecule has 8 nitrogen and oxygen atoms in total. The maximum absolute atomic E-state index is 12.7. The van der Waals surface area contributed by atoms with Gasteiger partial charge >= 0.3 is 0 Å². The fourth-order valence-corrected chi connectivity index (χ4v) is 4.37. The van der Waals surface area contributed by atoms with Crippen LogP contribution in [0.2, 0.25) is 0 Å². The third-order valence-electron chi connectivity index (χ3n) is 4.55. The van der Waals surface area contributed by atoms with Gasteiger partial charge in [0.1, 0.15) is 12.3 Å². The summed E-state index contributed by atoms with van der Waals surface area (Å²) in [6.45, 7) is 6.00. The zero-order valence-corrected chi connectivity index (χ0v) is 19.1. The molecule has 2 aromatic heterocycles. The first kappa shape index (κ1) is 21.8. The minimum Gasteiger partial charge on any atom is -0.495 e. The molecular weight excluding hydrogens is 424 g/mol. The maximum atomic E-state index is 12.7. The van der Waals surface area contributed by atoms with Crippen molar-refractivity contribution in [1.82, 2.24) is 9.55 Å². The molecule has 1 aromatic carbocycles. The second-order valence-electron chi connectivity index (χ2n) is 6.96. The molecule has 0 atom stereocenters. The Bertz CT molecular complexity index is 1200. The van der Waals surface area contributed by atoms with Crippen molar-refractivity contribution in [2.24, 2.45) is 0 Å². The van der Waals surface area contributed by atoms with Gasteiger partial charge in [0.25, 0.3) is 0 Å². The Labute approximate surface area is 180 Å². The number of amides is 1. The van der Waals surface area contributed by atoms with E-state index in [0.717, 1.165) is 33.9 Å².